The first kappa shape index (κ1) is 34.9. The van der Waals surface area contributed by atoms with Crippen molar-refractivity contribution in [3.8, 4) is 16.9 Å². The van der Waals surface area contributed by atoms with E-state index in [9.17, 15) is 14.3 Å². The van der Waals surface area contributed by atoms with Gasteiger partial charge in [0, 0.05) is 55.3 Å². The van der Waals surface area contributed by atoms with E-state index in [-0.39, 0.29) is 11.2 Å². The summed E-state index contributed by atoms with van der Waals surface area (Å²) in [6, 6.07) is 16.2. The van der Waals surface area contributed by atoms with Gasteiger partial charge in [0.1, 0.15) is 17.4 Å². The Morgan fingerprint density at radius 1 is 1.08 bits per heavy atom. The molecule has 0 aliphatic carbocycles. The lowest BCUT2D eigenvalue weighted by atomic mass is 9.82. The van der Waals surface area contributed by atoms with Gasteiger partial charge in [-0.3, -0.25) is 4.68 Å². The molecule has 1 unspecified atom stereocenters. The van der Waals surface area contributed by atoms with Crippen LogP contribution in [0.2, 0.25) is 0 Å². The maximum atomic E-state index is 13.3. The Bertz CT molecular complexity index is 1660. The van der Waals surface area contributed by atoms with E-state index < -0.39 is 17.7 Å². The number of carboxylic acid groups (broad SMARTS) is 1. The Morgan fingerprint density at radius 3 is 2.38 bits per heavy atom. The first-order chi connectivity index (χ1) is 22.8. The summed E-state index contributed by atoms with van der Waals surface area (Å²) in [6.45, 7) is 15.2. The number of anilines is 2. The molecule has 1 fully saturated rings. The molecular weight excluding hydrogens is 609 g/mol. The number of aliphatic carboxylic acids is 1. The fourth-order valence-electron chi connectivity index (χ4n) is 6.04. The van der Waals surface area contributed by atoms with Crippen LogP contribution in [0.5, 0.6) is 5.75 Å². The quantitative estimate of drug-likeness (QED) is 0.151. The molecule has 4 aromatic rings. The fraction of sp³-hybridized carbons (Fsp3) is 0.447. The summed E-state index contributed by atoms with van der Waals surface area (Å²) in [6.07, 6.45) is 5.04. The highest BCUT2D eigenvalue weighted by atomic mass is 19.1. The lowest BCUT2D eigenvalue weighted by Gasteiger charge is -2.41. The van der Waals surface area contributed by atoms with Gasteiger partial charge in [0.05, 0.1) is 24.4 Å². The summed E-state index contributed by atoms with van der Waals surface area (Å²) >= 11 is 0. The molecule has 256 valence electrons. The molecule has 48 heavy (non-hydrogen) atoms. The molecule has 2 N–H and O–H groups in total. The van der Waals surface area contributed by atoms with E-state index in [0.717, 1.165) is 48.3 Å². The number of carbonyl (C=O) groups is 1. The Kier molecular flexibility index (Phi) is 10.7. The molecule has 2 aromatic carbocycles. The van der Waals surface area contributed by atoms with E-state index >= 15 is 0 Å². The molecule has 1 saturated heterocycles. The van der Waals surface area contributed by atoms with E-state index in [1.807, 2.05) is 68.9 Å². The second-order valence-corrected chi connectivity index (χ2v) is 14.2. The lowest BCUT2D eigenvalue weighted by molar-refractivity contribution is -0.160. The number of nitrogens with zero attached hydrogens (tertiary/aromatic N) is 4. The highest BCUT2D eigenvalue weighted by Gasteiger charge is 2.37. The van der Waals surface area contributed by atoms with Crippen LogP contribution >= 0.6 is 0 Å². The first-order valence-electron chi connectivity index (χ1n) is 16.7. The topological polar surface area (TPSA) is 102 Å². The SMILES string of the molecule is Cc1nc(NCCn2cccn2)c(-c2ccc(OCCc3ccc(F)cc3)cc2)c(N2CCC(C)(C)CC2)c1C(OC(C)(C)C)C(=O)O. The maximum absolute atomic E-state index is 13.3. The highest BCUT2D eigenvalue weighted by Crippen LogP contribution is 2.46. The molecule has 3 heterocycles. The van der Waals surface area contributed by atoms with Crippen molar-refractivity contribution in [1.82, 2.24) is 14.8 Å². The minimum absolute atomic E-state index is 0.185. The number of hydrogen-bond donors (Lipinski definition) is 2. The third-order valence-electron chi connectivity index (χ3n) is 8.70. The third kappa shape index (κ3) is 8.92. The lowest BCUT2D eigenvalue weighted by Crippen LogP contribution is -2.39. The number of piperidine rings is 1. The van der Waals surface area contributed by atoms with Crippen LogP contribution in [0.1, 0.15) is 70.4 Å². The number of rotatable bonds is 13. The van der Waals surface area contributed by atoms with E-state index in [2.05, 4.69) is 29.2 Å². The second-order valence-electron chi connectivity index (χ2n) is 14.2. The first-order valence-corrected chi connectivity index (χ1v) is 16.7. The molecule has 0 bridgehead atoms. The number of halogens is 1. The smallest absolute Gasteiger partial charge is 0.337 e. The molecule has 2 aromatic heterocycles. The molecule has 1 aliphatic rings. The highest BCUT2D eigenvalue weighted by molar-refractivity contribution is 5.92. The van der Waals surface area contributed by atoms with Gasteiger partial charge in [-0.2, -0.15) is 5.10 Å². The van der Waals surface area contributed by atoms with Crippen LogP contribution in [0.3, 0.4) is 0 Å². The minimum Gasteiger partial charge on any atom is -0.493 e. The van der Waals surface area contributed by atoms with E-state index in [4.69, 9.17) is 14.5 Å². The van der Waals surface area contributed by atoms with Gasteiger partial charge in [0.15, 0.2) is 6.10 Å². The number of pyridine rings is 1. The Morgan fingerprint density at radius 2 is 1.77 bits per heavy atom. The summed E-state index contributed by atoms with van der Waals surface area (Å²) < 4.78 is 27.5. The van der Waals surface area contributed by atoms with Crippen molar-refractivity contribution in [3.05, 3.63) is 89.6 Å². The van der Waals surface area contributed by atoms with Crippen molar-refractivity contribution in [2.75, 3.05) is 36.5 Å². The predicted octanol–water partition coefficient (Wildman–Crippen LogP) is 7.69. The number of nitrogens with one attached hydrogen (secondary N) is 1. The Hall–Kier alpha value is -4.44. The number of benzene rings is 2. The molecule has 1 atom stereocenters. The van der Waals surface area contributed by atoms with Crippen LogP contribution < -0.4 is 15.0 Å². The maximum Gasteiger partial charge on any atom is 0.337 e. The van der Waals surface area contributed by atoms with Crippen molar-refractivity contribution in [1.29, 1.82) is 0 Å². The van der Waals surface area contributed by atoms with Crippen molar-refractivity contribution in [2.24, 2.45) is 5.41 Å². The average molecular weight is 658 g/mol. The van der Waals surface area contributed by atoms with Gasteiger partial charge in [-0.25, -0.2) is 14.2 Å². The summed E-state index contributed by atoms with van der Waals surface area (Å²) in [5.41, 5.74) is 4.21. The zero-order valence-electron chi connectivity index (χ0n) is 28.9. The van der Waals surface area contributed by atoms with Gasteiger partial charge in [-0.1, -0.05) is 38.1 Å². The van der Waals surface area contributed by atoms with Gasteiger partial charge >= 0.3 is 5.97 Å². The number of ether oxygens (including phenoxy) is 2. The summed E-state index contributed by atoms with van der Waals surface area (Å²) in [5.74, 6) is 0.0680. The van der Waals surface area contributed by atoms with Gasteiger partial charge in [0.25, 0.3) is 0 Å². The second kappa shape index (κ2) is 14.8. The van der Waals surface area contributed by atoms with Crippen LogP contribution in [0.4, 0.5) is 15.9 Å². The molecule has 0 radical (unpaired) electrons. The van der Waals surface area contributed by atoms with Crippen LogP contribution in [-0.4, -0.2) is 57.7 Å². The number of aryl methyl sites for hydroxylation is 1. The zero-order valence-corrected chi connectivity index (χ0v) is 28.9. The standard InChI is InChI=1S/C38H48FN5O4/c1-26-31(34(36(45)46)48-37(2,3)4)33(43-22-17-38(5,6)18-23-43)32(35(42-26)40-20-24-44-21-7-19-41-44)28-10-14-30(15-11-28)47-25-16-27-8-12-29(39)13-9-27/h7-15,19,21,34H,16-18,20,22-25H2,1-6H3,(H,40,42)(H,45,46). The molecule has 0 amide bonds. The third-order valence-corrected chi connectivity index (χ3v) is 8.70. The van der Waals surface area contributed by atoms with Crippen molar-refractivity contribution in [2.45, 2.75) is 79.1 Å². The molecule has 0 spiro atoms. The fourth-order valence-corrected chi connectivity index (χ4v) is 6.04. The number of aromatic nitrogens is 3. The van der Waals surface area contributed by atoms with Crippen LogP contribution in [0, 0.1) is 18.2 Å². The monoisotopic (exact) mass is 657 g/mol. The molecule has 5 rings (SSSR count). The summed E-state index contributed by atoms with van der Waals surface area (Å²) in [4.78, 5) is 20.3. The summed E-state index contributed by atoms with van der Waals surface area (Å²) in [7, 11) is 0. The molecule has 10 heteroatoms. The van der Waals surface area contributed by atoms with Gasteiger partial charge in [0.2, 0.25) is 0 Å². The van der Waals surface area contributed by atoms with Crippen molar-refractivity contribution in [3.63, 3.8) is 0 Å². The van der Waals surface area contributed by atoms with Gasteiger partial charge in [-0.05, 0) is 87.4 Å². The Balaban J connectivity index is 1.56. The van der Waals surface area contributed by atoms with E-state index in [1.54, 1.807) is 18.3 Å². The van der Waals surface area contributed by atoms with Crippen LogP contribution in [-0.2, 0) is 22.5 Å². The predicted molar refractivity (Wildman–Crippen MR) is 187 cm³/mol. The normalized spacial score (nSPS) is 15.3. The Labute approximate surface area is 283 Å². The number of carboxylic acids is 1. The van der Waals surface area contributed by atoms with Crippen molar-refractivity contribution < 1.29 is 23.8 Å². The molecule has 9 nitrogen and oxygen atoms in total. The van der Waals surface area contributed by atoms with Crippen molar-refractivity contribution >= 4 is 17.5 Å². The van der Waals surface area contributed by atoms with Gasteiger partial charge < -0.3 is 24.8 Å². The zero-order chi connectivity index (χ0) is 34.5. The largest absolute Gasteiger partial charge is 0.493 e. The number of hydrogen-bond acceptors (Lipinski definition) is 7. The van der Waals surface area contributed by atoms with E-state index in [0.29, 0.717) is 48.9 Å². The molecular formula is C38H48FN5O4. The van der Waals surface area contributed by atoms with E-state index in [1.165, 1.54) is 12.1 Å². The van der Waals surface area contributed by atoms with Crippen LogP contribution in [0.15, 0.2) is 67.0 Å². The molecule has 0 saturated carbocycles. The average Bonchev–Trinajstić information content (AvgIpc) is 3.55. The minimum atomic E-state index is -1.21. The summed E-state index contributed by atoms with van der Waals surface area (Å²) in [5, 5.41) is 18.5. The van der Waals surface area contributed by atoms with Crippen LogP contribution in [0.25, 0.3) is 11.1 Å². The molecule has 1 aliphatic heterocycles. The van der Waals surface area contributed by atoms with Gasteiger partial charge in [-0.15, -0.1) is 0 Å².